The number of guanidine groups is 1. The van der Waals surface area contributed by atoms with Crippen LogP contribution in [-0.2, 0) is 6.42 Å². The summed E-state index contributed by atoms with van der Waals surface area (Å²) in [4.78, 5) is 11.7. The number of aromatic nitrogens is 1. The van der Waals surface area contributed by atoms with E-state index < -0.39 is 0 Å². The van der Waals surface area contributed by atoms with Gasteiger partial charge in [-0.15, -0.1) is 35.3 Å². The molecule has 0 unspecified atom stereocenters. The maximum absolute atomic E-state index is 4.74. The fourth-order valence-electron chi connectivity index (χ4n) is 2.41. The Morgan fingerprint density at radius 1 is 1.25 bits per heavy atom. The van der Waals surface area contributed by atoms with E-state index >= 15 is 0 Å². The first-order valence-electron chi connectivity index (χ1n) is 8.58. The Labute approximate surface area is 166 Å². The summed E-state index contributed by atoms with van der Waals surface area (Å²) in [6.07, 6.45) is 4.45. The van der Waals surface area contributed by atoms with Crippen LogP contribution < -0.4 is 5.32 Å². The third-order valence-electron chi connectivity index (χ3n) is 3.69. The predicted molar refractivity (Wildman–Crippen MR) is 117 cm³/mol. The molecule has 0 saturated heterocycles. The van der Waals surface area contributed by atoms with E-state index in [1.165, 1.54) is 22.5 Å². The number of fused-ring (bicyclic) bond motifs is 1. The van der Waals surface area contributed by atoms with Gasteiger partial charge in [0.05, 0.1) is 15.2 Å². The maximum Gasteiger partial charge on any atom is 0.193 e. The lowest BCUT2D eigenvalue weighted by molar-refractivity contribution is 0.464. The third kappa shape index (κ3) is 6.55. The van der Waals surface area contributed by atoms with Crippen LogP contribution in [0.4, 0.5) is 0 Å². The van der Waals surface area contributed by atoms with E-state index in [1.807, 2.05) is 6.07 Å². The van der Waals surface area contributed by atoms with Crippen LogP contribution in [0.25, 0.3) is 10.2 Å². The van der Waals surface area contributed by atoms with Crippen LogP contribution in [-0.4, -0.2) is 42.5 Å². The molecule has 1 aromatic carbocycles. The number of halogens is 1. The Bertz CT molecular complexity index is 593. The molecule has 0 amide bonds. The Balaban J connectivity index is 0.00000288. The lowest BCUT2D eigenvalue weighted by atomic mass is 10.3. The van der Waals surface area contributed by atoms with Gasteiger partial charge in [0, 0.05) is 33.1 Å². The van der Waals surface area contributed by atoms with Gasteiger partial charge >= 0.3 is 0 Å². The molecule has 0 atom stereocenters. The van der Waals surface area contributed by atoms with Crippen molar-refractivity contribution in [2.24, 2.45) is 4.99 Å². The van der Waals surface area contributed by atoms with Crippen molar-refractivity contribution in [2.45, 2.75) is 39.5 Å². The predicted octanol–water partition coefficient (Wildman–Crippen LogP) is 4.54. The van der Waals surface area contributed by atoms with Crippen molar-refractivity contribution in [1.82, 2.24) is 15.2 Å². The van der Waals surface area contributed by atoms with Crippen molar-refractivity contribution in [1.29, 1.82) is 0 Å². The van der Waals surface area contributed by atoms with E-state index in [0.29, 0.717) is 0 Å². The van der Waals surface area contributed by atoms with E-state index in [9.17, 15) is 0 Å². The number of aliphatic imine (C=N–C) groups is 1. The van der Waals surface area contributed by atoms with Gasteiger partial charge in [-0.25, -0.2) is 4.98 Å². The second kappa shape index (κ2) is 11.6. The molecule has 0 saturated carbocycles. The van der Waals surface area contributed by atoms with E-state index in [-0.39, 0.29) is 24.0 Å². The fraction of sp³-hybridized carbons (Fsp3) is 0.556. The van der Waals surface area contributed by atoms with Gasteiger partial charge in [0.25, 0.3) is 0 Å². The fourth-order valence-corrected chi connectivity index (χ4v) is 3.42. The molecule has 1 N–H and O–H groups in total. The second-order valence-corrected chi connectivity index (χ2v) is 6.80. The van der Waals surface area contributed by atoms with Crippen molar-refractivity contribution in [3.05, 3.63) is 29.3 Å². The Kier molecular flexibility index (Phi) is 10.2. The quantitative estimate of drug-likeness (QED) is 0.272. The number of hydrogen-bond donors (Lipinski definition) is 1. The topological polar surface area (TPSA) is 40.5 Å². The molecule has 134 valence electrons. The summed E-state index contributed by atoms with van der Waals surface area (Å²) in [7, 11) is 2.12. The van der Waals surface area contributed by atoms with E-state index in [4.69, 9.17) is 4.99 Å². The summed E-state index contributed by atoms with van der Waals surface area (Å²) in [5.41, 5.74) is 1.11. The first-order chi connectivity index (χ1) is 11.2. The van der Waals surface area contributed by atoms with E-state index in [1.54, 1.807) is 11.3 Å². The van der Waals surface area contributed by atoms with Crippen molar-refractivity contribution in [3.8, 4) is 0 Å². The standard InChI is InChI=1S/C18H28N4S.HI/c1-4-6-14-22(3)18(19-5-2)20-13-9-12-17-21-15-10-7-8-11-16(15)23-17;/h7-8,10-11H,4-6,9,12-14H2,1-3H3,(H,19,20);1H. The summed E-state index contributed by atoms with van der Waals surface area (Å²) in [5, 5.41) is 4.59. The van der Waals surface area contributed by atoms with E-state index in [0.717, 1.165) is 44.0 Å². The summed E-state index contributed by atoms with van der Waals surface area (Å²) >= 11 is 1.80. The molecule has 6 heteroatoms. The van der Waals surface area contributed by atoms with Crippen molar-refractivity contribution in [3.63, 3.8) is 0 Å². The molecule has 4 nitrogen and oxygen atoms in total. The molecule has 0 radical (unpaired) electrons. The minimum atomic E-state index is 0. The highest BCUT2D eigenvalue weighted by Gasteiger charge is 2.05. The molecular weight excluding hydrogens is 431 g/mol. The SMILES string of the molecule is CCCCN(C)C(=NCCCc1nc2ccccc2s1)NCC.I. The number of para-hydroxylation sites is 1. The molecule has 0 spiro atoms. The molecular formula is C18H29IN4S. The lowest BCUT2D eigenvalue weighted by Crippen LogP contribution is -2.39. The Morgan fingerprint density at radius 2 is 2.04 bits per heavy atom. The molecule has 0 fully saturated rings. The summed E-state index contributed by atoms with van der Waals surface area (Å²) < 4.78 is 1.28. The number of aryl methyl sites for hydroxylation is 1. The third-order valence-corrected chi connectivity index (χ3v) is 4.79. The summed E-state index contributed by atoms with van der Waals surface area (Å²) in [6.45, 7) is 7.14. The van der Waals surface area contributed by atoms with Crippen molar-refractivity contribution in [2.75, 3.05) is 26.7 Å². The first kappa shape index (κ1) is 21.2. The molecule has 0 aliphatic heterocycles. The Morgan fingerprint density at radius 3 is 2.75 bits per heavy atom. The zero-order chi connectivity index (χ0) is 16.5. The van der Waals surface area contributed by atoms with Crippen LogP contribution in [0.15, 0.2) is 29.3 Å². The zero-order valence-electron chi connectivity index (χ0n) is 14.9. The Hall–Kier alpha value is -0.890. The molecule has 0 aliphatic rings. The zero-order valence-corrected chi connectivity index (χ0v) is 18.1. The van der Waals surface area contributed by atoms with Crippen LogP contribution in [0.3, 0.4) is 0 Å². The summed E-state index contributed by atoms with van der Waals surface area (Å²) in [5.74, 6) is 1.02. The maximum atomic E-state index is 4.74. The van der Waals surface area contributed by atoms with Crippen LogP contribution in [0, 0.1) is 0 Å². The van der Waals surface area contributed by atoms with Gasteiger partial charge in [0.15, 0.2) is 5.96 Å². The van der Waals surface area contributed by atoms with Crippen LogP contribution in [0.1, 0.15) is 38.1 Å². The minimum absolute atomic E-state index is 0. The monoisotopic (exact) mass is 460 g/mol. The molecule has 0 aliphatic carbocycles. The van der Waals surface area contributed by atoms with Gasteiger partial charge in [0.1, 0.15) is 0 Å². The number of benzene rings is 1. The molecule has 1 heterocycles. The van der Waals surface area contributed by atoms with Crippen LogP contribution in [0.5, 0.6) is 0 Å². The highest BCUT2D eigenvalue weighted by Crippen LogP contribution is 2.22. The minimum Gasteiger partial charge on any atom is -0.357 e. The number of nitrogens with zero attached hydrogens (tertiary/aromatic N) is 3. The highest BCUT2D eigenvalue weighted by molar-refractivity contribution is 14.0. The normalized spacial score (nSPS) is 11.4. The average Bonchev–Trinajstić information content (AvgIpc) is 2.98. The van der Waals surface area contributed by atoms with Gasteiger partial charge in [0.2, 0.25) is 0 Å². The average molecular weight is 460 g/mol. The number of unbranched alkanes of at least 4 members (excludes halogenated alkanes) is 1. The summed E-state index contributed by atoms with van der Waals surface area (Å²) in [6, 6.07) is 8.34. The van der Waals surface area contributed by atoms with Gasteiger partial charge in [-0.05, 0) is 31.9 Å². The number of nitrogens with one attached hydrogen (secondary N) is 1. The lowest BCUT2D eigenvalue weighted by Gasteiger charge is -2.21. The van der Waals surface area contributed by atoms with Crippen LogP contribution >= 0.6 is 35.3 Å². The number of thiazole rings is 1. The molecule has 0 bridgehead atoms. The largest absolute Gasteiger partial charge is 0.357 e. The highest BCUT2D eigenvalue weighted by atomic mass is 127. The molecule has 1 aromatic heterocycles. The molecule has 2 rings (SSSR count). The van der Waals surface area contributed by atoms with Crippen LogP contribution in [0.2, 0.25) is 0 Å². The van der Waals surface area contributed by atoms with Gasteiger partial charge < -0.3 is 10.2 Å². The number of hydrogen-bond acceptors (Lipinski definition) is 3. The second-order valence-electron chi connectivity index (χ2n) is 5.69. The van der Waals surface area contributed by atoms with Gasteiger partial charge in [-0.3, -0.25) is 4.99 Å². The molecule has 2 aromatic rings. The number of rotatable bonds is 8. The van der Waals surface area contributed by atoms with Crippen molar-refractivity contribution < 1.29 is 0 Å². The molecule has 24 heavy (non-hydrogen) atoms. The van der Waals surface area contributed by atoms with Gasteiger partial charge in [-0.2, -0.15) is 0 Å². The van der Waals surface area contributed by atoms with Crippen molar-refractivity contribution >= 4 is 51.5 Å². The first-order valence-corrected chi connectivity index (χ1v) is 9.40. The smallest absolute Gasteiger partial charge is 0.193 e. The van der Waals surface area contributed by atoms with Gasteiger partial charge in [-0.1, -0.05) is 25.5 Å². The van der Waals surface area contributed by atoms with E-state index in [2.05, 4.69) is 54.3 Å².